The standard InChI is InChI=1S/C7H10N2O2S/c8-7-3-1-2-6(4-7)5-9-12(10)11/h1-4,12H,5,8H2,(H,9,10,11). The lowest BCUT2D eigenvalue weighted by molar-refractivity contribution is 0.601. The Kier molecular flexibility index (Phi) is 3.07. The van der Waals surface area contributed by atoms with Crippen LogP contribution in [-0.4, -0.2) is 8.42 Å². The Balaban J connectivity index is 2.63. The highest BCUT2D eigenvalue weighted by Gasteiger charge is 1.92. The second-order valence-electron chi connectivity index (χ2n) is 2.34. The molecule has 0 spiro atoms. The molecule has 0 saturated heterocycles. The van der Waals surface area contributed by atoms with Crippen LogP contribution < -0.4 is 10.5 Å². The molecule has 1 rings (SSSR count). The van der Waals surface area contributed by atoms with E-state index >= 15 is 0 Å². The first-order valence-corrected chi connectivity index (χ1v) is 4.58. The maximum absolute atomic E-state index is 10.2. The zero-order chi connectivity index (χ0) is 8.97. The summed E-state index contributed by atoms with van der Waals surface area (Å²) in [4.78, 5) is 0. The predicted molar refractivity (Wildman–Crippen MR) is 48.0 cm³/mol. The van der Waals surface area contributed by atoms with Gasteiger partial charge < -0.3 is 5.73 Å². The van der Waals surface area contributed by atoms with Crippen molar-refractivity contribution in [3.05, 3.63) is 29.8 Å². The molecule has 0 aliphatic rings. The summed E-state index contributed by atoms with van der Waals surface area (Å²) in [5.41, 5.74) is 6.98. The molecule has 4 nitrogen and oxygen atoms in total. The number of thiol groups is 1. The summed E-state index contributed by atoms with van der Waals surface area (Å²) in [6.45, 7) is 0.295. The smallest absolute Gasteiger partial charge is 0.201 e. The van der Waals surface area contributed by atoms with Gasteiger partial charge in [0.1, 0.15) is 0 Å². The van der Waals surface area contributed by atoms with E-state index in [1.165, 1.54) is 0 Å². The van der Waals surface area contributed by atoms with Crippen molar-refractivity contribution < 1.29 is 8.42 Å². The first-order chi connectivity index (χ1) is 5.68. The zero-order valence-electron chi connectivity index (χ0n) is 6.36. The second kappa shape index (κ2) is 4.08. The lowest BCUT2D eigenvalue weighted by Gasteiger charge is -1.99. The fourth-order valence-corrected chi connectivity index (χ4v) is 1.17. The monoisotopic (exact) mass is 186 g/mol. The number of benzene rings is 1. The number of hydrogen-bond acceptors (Lipinski definition) is 3. The first kappa shape index (κ1) is 9.02. The molecule has 3 N–H and O–H groups in total. The van der Waals surface area contributed by atoms with E-state index in [1.54, 1.807) is 18.2 Å². The molecule has 0 aliphatic heterocycles. The largest absolute Gasteiger partial charge is 0.399 e. The molecule has 0 aromatic heterocycles. The summed E-state index contributed by atoms with van der Waals surface area (Å²) < 4.78 is 22.6. The van der Waals surface area contributed by atoms with Gasteiger partial charge in [-0.05, 0) is 17.7 Å². The minimum absolute atomic E-state index is 0.295. The Bertz CT molecular complexity index is 328. The van der Waals surface area contributed by atoms with Gasteiger partial charge in [0, 0.05) is 12.2 Å². The van der Waals surface area contributed by atoms with Crippen LogP contribution in [-0.2, 0) is 17.4 Å². The number of nitrogens with two attached hydrogens (primary N) is 1. The number of hydrogen-bond donors (Lipinski definition) is 3. The van der Waals surface area contributed by atoms with Gasteiger partial charge in [0.2, 0.25) is 10.9 Å². The van der Waals surface area contributed by atoms with Gasteiger partial charge in [-0.3, -0.25) is 0 Å². The van der Waals surface area contributed by atoms with Crippen LogP contribution in [0.5, 0.6) is 0 Å². The molecule has 0 fully saturated rings. The van der Waals surface area contributed by atoms with Gasteiger partial charge in [0.05, 0.1) is 0 Å². The van der Waals surface area contributed by atoms with Crippen LogP contribution in [0.2, 0.25) is 0 Å². The van der Waals surface area contributed by atoms with Gasteiger partial charge in [-0.15, -0.1) is 0 Å². The minimum atomic E-state index is -2.52. The Morgan fingerprint density at radius 3 is 2.75 bits per heavy atom. The third-order valence-corrected chi connectivity index (χ3v) is 1.78. The van der Waals surface area contributed by atoms with Crippen molar-refractivity contribution >= 4 is 16.6 Å². The minimum Gasteiger partial charge on any atom is -0.399 e. The van der Waals surface area contributed by atoms with E-state index < -0.39 is 10.9 Å². The molecule has 0 heterocycles. The average Bonchev–Trinajstić information content (AvgIpc) is 2.01. The molecule has 12 heavy (non-hydrogen) atoms. The zero-order valence-corrected chi connectivity index (χ0v) is 7.25. The van der Waals surface area contributed by atoms with Crippen LogP contribution in [0.4, 0.5) is 5.69 Å². The molecular weight excluding hydrogens is 176 g/mol. The van der Waals surface area contributed by atoms with Crippen molar-refractivity contribution in [1.29, 1.82) is 0 Å². The highest BCUT2D eigenvalue weighted by molar-refractivity contribution is 7.70. The van der Waals surface area contributed by atoms with E-state index in [0.29, 0.717) is 12.2 Å². The lowest BCUT2D eigenvalue weighted by atomic mass is 10.2. The highest BCUT2D eigenvalue weighted by Crippen LogP contribution is 2.05. The van der Waals surface area contributed by atoms with Crippen LogP contribution in [0.1, 0.15) is 5.56 Å². The summed E-state index contributed by atoms with van der Waals surface area (Å²) in [6.07, 6.45) is 0. The molecule has 0 bridgehead atoms. The molecule has 5 heteroatoms. The molecule has 0 unspecified atom stereocenters. The maximum atomic E-state index is 10.2. The van der Waals surface area contributed by atoms with Crippen molar-refractivity contribution in [3.8, 4) is 0 Å². The van der Waals surface area contributed by atoms with Gasteiger partial charge >= 0.3 is 0 Å². The summed E-state index contributed by atoms with van der Waals surface area (Å²) >= 11 is 0. The maximum Gasteiger partial charge on any atom is 0.201 e. The molecule has 0 radical (unpaired) electrons. The fraction of sp³-hybridized carbons (Fsp3) is 0.143. The molecule has 66 valence electrons. The Morgan fingerprint density at radius 1 is 1.42 bits per heavy atom. The fourth-order valence-electron chi connectivity index (χ4n) is 0.859. The lowest BCUT2D eigenvalue weighted by Crippen LogP contribution is -2.10. The Labute approximate surface area is 72.5 Å². The van der Waals surface area contributed by atoms with E-state index in [2.05, 4.69) is 4.72 Å². The summed E-state index contributed by atoms with van der Waals surface area (Å²) in [7, 11) is -2.52. The van der Waals surface area contributed by atoms with Crippen LogP contribution in [0.25, 0.3) is 0 Å². The number of anilines is 1. The van der Waals surface area contributed by atoms with Gasteiger partial charge in [0.25, 0.3) is 0 Å². The number of nitrogens with one attached hydrogen (secondary N) is 1. The topological polar surface area (TPSA) is 72.2 Å². The van der Waals surface area contributed by atoms with Crippen LogP contribution in [0.3, 0.4) is 0 Å². The molecule has 1 aromatic carbocycles. The summed E-state index contributed by atoms with van der Waals surface area (Å²) in [6, 6.07) is 7.07. The quantitative estimate of drug-likeness (QED) is 0.455. The van der Waals surface area contributed by atoms with E-state index in [4.69, 9.17) is 5.73 Å². The van der Waals surface area contributed by atoms with E-state index in [0.717, 1.165) is 5.56 Å². The normalized spacial score (nSPS) is 10.4. The van der Waals surface area contributed by atoms with Crippen molar-refractivity contribution in [2.45, 2.75) is 6.54 Å². The van der Waals surface area contributed by atoms with E-state index in [9.17, 15) is 8.42 Å². The predicted octanol–water partition coefficient (Wildman–Crippen LogP) is -0.115. The number of nitrogen functional groups attached to an aromatic ring is 1. The van der Waals surface area contributed by atoms with Crippen molar-refractivity contribution in [2.75, 3.05) is 5.73 Å². The molecular formula is C7H10N2O2S. The van der Waals surface area contributed by atoms with Gasteiger partial charge in [-0.1, -0.05) is 12.1 Å². The van der Waals surface area contributed by atoms with Crippen LogP contribution >= 0.6 is 0 Å². The van der Waals surface area contributed by atoms with Crippen molar-refractivity contribution in [2.24, 2.45) is 0 Å². The van der Waals surface area contributed by atoms with E-state index in [1.807, 2.05) is 6.07 Å². The highest BCUT2D eigenvalue weighted by atomic mass is 32.2. The van der Waals surface area contributed by atoms with Crippen LogP contribution in [0, 0.1) is 0 Å². The Morgan fingerprint density at radius 2 is 2.17 bits per heavy atom. The third kappa shape index (κ3) is 2.89. The second-order valence-corrected chi connectivity index (χ2v) is 3.17. The summed E-state index contributed by atoms with van der Waals surface area (Å²) in [5.74, 6) is 0. The summed E-state index contributed by atoms with van der Waals surface area (Å²) in [5, 5.41) is 0. The van der Waals surface area contributed by atoms with Gasteiger partial charge in [0.15, 0.2) is 0 Å². The van der Waals surface area contributed by atoms with Gasteiger partial charge in [-0.25, -0.2) is 13.1 Å². The third-order valence-electron chi connectivity index (χ3n) is 1.36. The molecule has 0 saturated carbocycles. The Hall–Kier alpha value is -1.07. The average molecular weight is 186 g/mol. The van der Waals surface area contributed by atoms with Crippen LogP contribution in [0.15, 0.2) is 24.3 Å². The molecule has 0 aliphatic carbocycles. The van der Waals surface area contributed by atoms with Crippen molar-refractivity contribution in [1.82, 2.24) is 4.72 Å². The molecule has 0 atom stereocenters. The van der Waals surface area contributed by atoms with Crippen molar-refractivity contribution in [3.63, 3.8) is 0 Å². The SMILES string of the molecule is Nc1cccc(CN[SH](=O)=O)c1. The van der Waals surface area contributed by atoms with Gasteiger partial charge in [-0.2, -0.15) is 0 Å². The number of rotatable bonds is 3. The molecule has 1 aromatic rings. The van der Waals surface area contributed by atoms with E-state index in [-0.39, 0.29) is 0 Å². The molecule has 0 amide bonds. The first-order valence-electron chi connectivity index (χ1n) is 3.41.